The van der Waals surface area contributed by atoms with Crippen LogP contribution >= 0.6 is 0 Å². The lowest BCUT2D eigenvalue weighted by atomic mass is 10.2. The van der Waals surface area contributed by atoms with E-state index < -0.39 is 0 Å². The van der Waals surface area contributed by atoms with Crippen molar-refractivity contribution >= 4 is 5.97 Å². The van der Waals surface area contributed by atoms with Crippen LogP contribution in [0.2, 0.25) is 0 Å². The van der Waals surface area contributed by atoms with Gasteiger partial charge in [0, 0.05) is 6.42 Å². The maximum atomic E-state index is 11.8. The van der Waals surface area contributed by atoms with Crippen LogP contribution in [0.4, 0.5) is 0 Å². The van der Waals surface area contributed by atoms with E-state index in [0.717, 1.165) is 6.42 Å². The Bertz CT molecular complexity index is 438. The van der Waals surface area contributed by atoms with Gasteiger partial charge in [0.25, 0.3) is 0 Å². The van der Waals surface area contributed by atoms with E-state index >= 15 is 0 Å². The highest BCUT2D eigenvalue weighted by atomic mass is 16.6. The number of benzene rings is 1. The normalized spacial score (nSPS) is 18.1. The molecule has 0 bridgehead atoms. The fourth-order valence-electron chi connectivity index (χ4n) is 1.64. The third-order valence-corrected chi connectivity index (χ3v) is 2.57. The lowest BCUT2D eigenvalue weighted by Gasteiger charge is -2.10. The highest BCUT2D eigenvalue weighted by molar-refractivity contribution is 5.89. The molecular formula is C14H14O4. The first kappa shape index (κ1) is 12.5. The summed E-state index contributed by atoms with van der Waals surface area (Å²) in [5, 5.41) is 0. The summed E-state index contributed by atoms with van der Waals surface area (Å²) in [5.41, 5.74) is 0.495. The van der Waals surface area contributed by atoms with Crippen molar-refractivity contribution in [2.75, 3.05) is 19.8 Å². The summed E-state index contributed by atoms with van der Waals surface area (Å²) in [6.45, 7) is 1.34. The number of hydrogen-bond donors (Lipinski definition) is 0. The van der Waals surface area contributed by atoms with Crippen molar-refractivity contribution in [2.24, 2.45) is 0 Å². The van der Waals surface area contributed by atoms with Gasteiger partial charge in [-0.2, -0.15) is 0 Å². The highest BCUT2D eigenvalue weighted by Crippen LogP contribution is 2.15. The first-order valence-electron chi connectivity index (χ1n) is 5.74. The van der Waals surface area contributed by atoms with Gasteiger partial charge in [0.15, 0.2) is 0 Å². The van der Waals surface area contributed by atoms with E-state index in [0.29, 0.717) is 24.5 Å². The molecule has 0 spiro atoms. The predicted molar refractivity (Wildman–Crippen MR) is 65.4 cm³/mol. The molecular weight excluding hydrogens is 232 g/mol. The predicted octanol–water partition coefficient (Wildman–Crippen LogP) is 1.64. The maximum Gasteiger partial charge on any atom is 0.338 e. The van der Waals surface area contributed by atoms with E-state index in [-0.39, 0.29) is 18.7 Å². The summed E-state index contributed by atoms with van der Waals surface area (Å²) in [4.78, 5) is 11.8. The lowest BCUT2D eigenvalue weighted by molar-refractivity contribution is 0.0270. The zero-order chi connectivity index (χ0) is 12.8. The minimum Gasteiger partial charge on any atom is -0.481 e. The van der Waals surface area contributed by atoms with E-state index in [1.165, 1.54) is 0 Å². The van der Waals surface area contributed by atoms with Crippen molar-refractivity contribution in [1.82, 2.24) is 0 Å². The molecule has 0 radical (unpaired) electrons. The van der Waals surface area contributed by atoms with Gasteiger partial charge in [0.2, 0.25) is 0 Å². The Morgan fingerprint density at radius 2 is 2.22 bits per heavy atom. The van der Waals surface area contributed by atoms with Gasteiger partial charge >= 0.3 is 5.97 Å². The molecule has 0 saturated carbocycles. The summed E-state index contributed by atoms with van der Waals surface area (Å²) >= 11 is 0. The van der Waals surface area contributed by atoms with Crippen LogP contribution in [0.1, 0.15) is 16.8 Å². The van der Waals surface area contributed by atoms with Crippen LogP contribution in [0, 0.1) is 12.3 Å². The first-order chi connectivity index (χ1) is 8.79. The molecule has 1 aromatic rings. The van der Waals surface area contributed by atoms with E-state index in [1.807, 2.05) is 0 Å². The topological polar surface area (TPSA) is 44.8 Å². The molecule has 94 valence electrons. The average Bonchev–Trinajstić information content (AvgIpc) is 2.89. The lowest BCUT2D eigenvalue weighted by Crippen LogP contribution is -2.18. The van der Waals surface area contributed by atoms with Crippen molar-refractivity contribution in [3.8, 4) is 18.1 Å². The minimum atomic E-state index is -0.339. The summed E-state index contributed by atoms with van der Waals surface area (Å²) in [6.07, 6.45) is 5.71. The summed E-state index contributed by atoms with van der Waals surface area (Å²) in [7, 11) is 0. The largest absolute Gasteiger partial charge is 0.481 e. The molecule has 1 fully saturated rings. The van der Waals surface area contributed by atoms with Gasteiger partial charge in [0.1, 0.15) is 18.5 Å². The molecule has 1 unspecified atom stereocenters. The fourth-order valence-corrected chi connectivity index (χ4v) is 1.64. The quantitative estimate of drug-likeness (QED) is 0.598. The maximum absolute atomic E-state index is 11.8. The second-order valence-corrected chi connectivity index (χ2v) is 3.91. The molecule has 0 aromatic heterocycles. The number of hydrogen-bond acceptors (Lipinski definition) is 4. The number of esters is 1. The van der Waals surface area contributed by atoms with Crippen LogP contribution < -0.4 is 4.74 Å². The number of rotatable bonds is 4. The highest BCUT2D eigenvalue weighted by Gasteiger charge is 2.20. The number of terminal acetylenes is 1. The van der Waals surface area contributed by atoms with Crippen LogP contribution in [-0.4, -0.2) is 31.9 Å². The van der Waals surface area contributed by atoms with Crippen LogP contribution in [0.5, 0.6) is 5.75 Å². The van der Waals surface area contributed by atoms with Crippen molar-refractivity contribution in [3.63, 3.8) is 0 Å². The molecule has 1 aromatic carbocycles. The second-order valence-electron chi connectivity index (χ2n) is 3.91. The molecule has 1 aliphatic rings. The third-order valence-electron chi connectivity index (χ3n) is 2.57. The van der Waals surface area contributed by atoms with Crippen molar-refractivity contribution < 1.29 is 19.0 Å². The number of carbonyl (C=O) groups is 1. The van der Waals surface area contributed by atoms with Crippen LogP contribution in [0.3, 0.4) is 0 Å². The molecule has 2 rings (SSSR count). The molecule has 4 heteroatoms. The third kappa shape index (κ3) is 3.25. The van der Waals surface area contributed by atoms with Gasteiger partial charge < -0.3 is 14.2 Å². The van der Waals surface area contributed by atoms with Crippen molar-refractivity contribution in [1.29, 1.82) is 0 Å². The van der Waals surface area contributed by atoms with Crippen LogP contribution in [0.15, 0.2) is 24.3 Å². The molecule has 1 heterocycles. The fraction of sp³-hybridized carbons (Fsp3) is 0.357. The summed E-state index contributed by atoms with van der Waals surface area (Å²) in [6, 6.07) is 6.70. The Morgan fingerprint density at radius 1 is 1.44 bits per heavy atom. The Labute approximate surface area is 106 Å². The van der Waals surface area contributed by atoms with Gasteiger partial charge in [0.05, 0.1) is 18.8 Å². The molecule has 18 heavy (non-hydrogen) atoms. The monoisotopic (exact) mass is 246 g/mol. The molecule has 1 atom stereocenters. The zero-order valence-electron chi connectivity index (χ0n) is 9.93. The van der Waals surface area contributed by atoms with Crippen LogP contribution in [0.25, 0.3) is 0 Å². The summed E-state index contributed by atoms with van der Waals surface area (Å²) < 4.78 is 15.6. The minimum absolute atomic E-state index is 0.130. The van der Waals surface area contributed by atoms with Crippen molar-refractivity contribution in [3.05, 3.63) is 29.8 Å². The van der Waals surface area contributed by atoms with Crippen LogP contribution in [-0.2, 0) is 9.47 Å². The van der Waals surface area contributed by atoms with Gasteiger partial charge in [-0.1, -0.05) is 5.92 Å². The van der Waals surface area contributed by atoms with Gasteiger partial charge in [-0.25, -0.2) is 4.79 Å². The Hall–Kier alpha value is -1.99. The molecule has 1 saturated heterocycles. The van der Waals surface area contributed by atoms with E-state index in [4.69, 9.17) is 20.6 Å². The molecule has 4 nitrogen and oxygen atoms in total. The molecule has 0 amide bonds. The van der Waals surface area contributed by atoms with Gasteiger partial charge in [-0.15, -0.1) is 6.42 Å². The number of carbonyl (C=O) groups excluding carboxylic acids is 1. The van der Waals surface area contributed by atoms with E-state index in [1.54, 1.807) is 24.3 Å². The summed E-state index contributed by atoms with van der Waals surface area (Å²) in [5.74, 6) is 2.67. The standard InChI is InChI=1S/C14H14O4/c1-2-8-17-12-5-3-11(4-6-12)14(15)18-13-7-9-16-10-13/h1,3-6,13H,7-10H2. The van der Waals surface area contributed by atoms with E-state index in [9.17, 15) is 4.79 Å². The van der Waals surface area contributed by atoms with Gasteiger partial charge in [-0.05, 0) is 24.3 Å². The smallest absolute Gasteiger partial charge is 0.338 e. The average molecular weight is 246 g/mol. The number of ether oxygens (including phenoxy) is 3. The molecule has 1 aliphatic heterocycles. The Morgan fingerprint density at radius 3 is 2.83 bits per heavy atom. The SMILES string of the molecule is C#CCOc1ccc(C(=O)OC2CCOC2)cc1. The molecule has 0 aliphatic carbocycles. The van der Waals surface area contributed by atoms with Crippen molar-refractivity contribution in [2.45, 2.75) is 12.5 Å². The van der Waals surface area contributed by atoms with E-state index in [2.05, 4.69) is 5.92 Å². The first-order valence-corrected chi connectivity index (χ1v) is 5.74. The Kier molecular flexibility index (Phi) is 4.21. The Balaban J connectivity index is 1.91. The second kappa shape index (κ2) is 6.08. The van der Waals surface area contributed by atoms with Gasteiger partial charge in [-0.3, -0.25) is 0 Å². The zero-order valence-corrected chi connectivity index (χ0v) is 9.93. The molecule has 0 N–H and O–H groups in total.